The Balaban J connectivity index is 1.83. The highest BCUT2D eigenvalue weighted by molar-refractivity contribution is 7.13. The van der Waals surface area contributed by atoms with Crippen LogP contribution in [0.15, 0.2) is 47.8 Å². The normalized spacial score (nSPS) is 10.4. The second kappa shape index (κ2) is 7.63. The van der Waals surface area contributed by atoms with Gasteiger partial charge in [0.2, 0.25) is 0 Å². The molecular weight excluding hydrogens is 377 g/mol. The fraction of sp³-hybridized carbons (Fsp3) is 0.0556. The van der Waals surface area contributed by atoms with Crippen molar-refractivity contribution in [3.8, 4) is 10.6 Å². The van der Waals surface area contributed by atoms with E-state index in [4.69, 9.17) is 11.6 Å². The third-order valence-electron chi connectivity index (χ3n) is 3.54. The molecule has 0 atom stereocenters. The molecule has 1 heterocycles. The zero-order chi connectivity index (χ0) is 18.7. The Hall–Kier alpha value is -2.77. The second-order valence-corrected chi connectivity index (χ2v) is 6.51. The van der Waals surface area contributed by atoms with Crippen LogP contribution in [0.4, 0.5) is 10.1 Å². The third-order valence-corrected chi connectivity index (χ3v) is 4.75. The second-order valence-electron chi connectivity index (χ2n) is 5.25. The summed E-state index contributed by atoms with van der Waals surface area (Å²) in [5.74, 6) is -1.21. The molecule has 1 aromatic heterocycles. The molecule has 0 unspecified atom stereocenters. The lowest BCUT2D eigenvalue weighted by molar-refractivity contribution is 0.0961. The monoisotopic (exact) mass is 389 g/mol. The number of hydrogen-bond donors (Lipinski definition) is 2. The SMILES string of the molecule is CNC(=O)c1ccc(Cl)c(NC(=O)c2csc(-c3ccccc3F)n2)c1. The molecule has 0 aliphatic heterocycles. The van der Waals surface area contributed by atoms with E-state index >= 15 is 0 Å². The lowest BCUT2D eigenvalue weighted by Crippen LogP contribution is -2.18. The number of thiazole rings is 1. The Morgan fingerprint density at radius 3 is 2.65 bits per heavy atom. The number of anilines is 1. The average Bonchev–Trinajstić information content (AvgIpc) is 3.13. The zero-order valence-electron chi connectivity index (χ0n) is 13.5. The Kier molecular flexibility index (Phi) is 5.29. The summed E-state index contributed by atoms with van der Waals surface area (Å²) in [6, 6.07) is 10.8. The molecule has 0 aliphatic rings. The first-order valence-electron chi connectivity index (χ1n) is 7.53. The number of nitrogens with one attached hydrogen (secondary N) is 2. The number of benzene rings is 2. The smallest absolute Gasteiger partial charge is 0.275 e. The van der Waals surface area contributed by atoms with Gasteiger partial charge in [0.1, 0.15) is 16.5 Å². The minimum absolute atomic E-state index is 0.134. The lowest BCUT2D eigenvalue weighted by atomic mass is 10.2. The predicted octanol–water partition coefficient (Wildman–Crippen LogP) is 4.21. The summed E-state index contributed by atoms with van der Waals surface area (Å²) in [4.78, 5) is 28.3. The predicted molar refractivity (Wildman–Crippen MR) is 100 cm³/mol. The summed E-state index contributed by atoms with van der Waals surface area (Å²) in [5.41, 5.74) is 1.11. The first kappa shape index (κ1) is 18.0. The van der Waals surface area contributed by atoms with E-state index in [1.807, 2.05) is 0 Å². The molecular formula is C18H13ClFN3O2S. The molecule has 0 spiro atoms. The van der Waals surface area contributed by atoms with Gasteiger partial charge in [-0.15, -0.1) is 11.3 Å². The van der Waals surface area contributed by atoms with Crippen LogP contribution in [0.1, 0.15) is 20.8 Å². The molecule has 3 aromatic rings. The summed E-state index contributed by atoms with van der Waals surface area (Å²) in [6.45, 7) is 0. The lowest BCUT2D eigenvalue weighted by Gasteiger charge is -2.08. The number of hydrogen-bond acceptors (Lipinski definition) is 4. The molecule has 8 heteroatoms. The number of carbonyl (C=O) groups excluding carboxylic acids is 2. The first-order chi connectivity index (χ1) is 12.5. The first-order valence-corrected chi connectivity index (χ1v) is 8.78. The summed E-state index contributed by atoms with van der Waals surface area (Å²) >= 11 is 7.25. The van der Waals surface area contributed by atoms with Gasteiger partial charge in [-0.3, -0.25) is 9.59 Å². The van der Waals surface area contributed by atoms with Crippen molar-refractivity contribution in [2.75, 3.05) is 12.4 Å². The van der Waals surface area contributed by atoms with Crippen LogP contribution in [0.2, 0.25) is 5.02 Å². The Bertz CT molecular complexity index is 990. The van der Waals surface area contributed by atoms with Gasteiger partial charge >= 0.3 is 0 Å². The van der Waals surface area contributed by atoms with Gasteiger partial charge in [0, 0.05) is 23.6 Å². The van der Waals surface area contributed by atoms with Gasteiger partial charge in [-0.1, -0.05) is 23.7 Å². The Morgan fingerprint density at radius 2 is 1.92 bits per heavy atom. The highest BCUT2D eigenvalue weighted by Crippen LogP contribution is 2.27. The Morgan fingerprint density at radius 1 is 1.15 bits per heavy atom. The van der Waals surface area contributed by atoms with Crippen molar-refractivity contribution < 1.29 is 14.0 Å². The maximum Gasteiger partial charge on any atom is 0.275 e. The molecule has 2 amide bonds. The van der Waals surface area contributed by atoms with Crippen molar-refractivity contribution in [2.45, 2.75) is 0 Å². The van der Waals surface area contributed by atoms with Crippen LogP contribution >= 0.6 is 22.9 Å². The topological polar surface area (TPSA) is 71.1 Å². The van der Waals surface area contributed by atoms with E-state index in [0.29, 0.717) is 21.8 Å². The fourth-order valence-electron chi connectivity index (χ4n) is 2.23. The van der Waals surface area contributed by atoms with Gasteiger partial charge in [-0.05, 0) is 30.3 Å². The Labute approximate surface area is 157 Å². The van der Waals surface area contributed by atoms with Crippen LogP contribution in [0.5, 0.6) is 0 Å². The number of carbonyl (C=O) groups is 2. The van der Waals surface area contributed by atoms with E-state index in [1.54, 1.807) is 24.3 Å². The van der Waals surface area contributed by atoms with E-state index in [2.05, 4.69) is 15.6 Å². The van der Waals surface area contributed by atoms with Crippen molar-refractivity contribution >= 4 is 40.4 Å². The third kappa shape index (κ3) is 3.74. The minimum atomic E-state index is -0.500. The summed E-state index contributed by atoms with van der Waals surface area (Å²) in [6.07, 6.45) is 0. The van der Waals surface area contributed by atoms with Crippen LogP contribution in [0, 0.1) is 5.82 Å². The van der Waals surface area contributed by atoms with Gasteiger partial charge in [-0.2, -0.15) is 0 Å². The number of amides is 2. The standard InChI is InChI=1S/C18H13ClFN3O2S/c1-21-16(24)10-6-7-12(19)14(8-10)22-17(25)15-9-26-18(23-15)11-4-2-3-5-13(11)20/h2-9H,1H3,(H,21,24)(H,22,25). The molecule has 3 rings (SSSR count). The molecule has 26 heavy (non-hydrogen) atoms. The van der Waals surface area contributed by atoms with Crippen LogP contribution in [-0.2, 0) is 0 Å². The molecule has 2 aromatic carbocycles. The van der Waals surface area contributed by atoms with Crippen LogP contribution < -0.4 is 10.6 Å². The molecule has 0 saturated heterocycles. The van der Waals surface area contributed by atoms with Crippen molar-refractivity contribution in [3.63, 3.8) is 0 Å². The molecule has 0 bridgehead atoms. The minimum Gasteiger partial charge on any atom is -0.355 e. The van der Waals surface area contributed by atoms with E-state index < -0.39 is 11.7 Å². The molecule has 0 fully saturated rings. The maximum atomic E-state index is 13.8. The van der Waals surface area contributed by atoms with Crippen molar-refractivity contribution in [2.24, 2.45) is 0 Å². The summed E-state index contributed by atoms with van der Waals surface area (Å²) in [7, 11) is 1.51. The van der Waals surface area contributed by atoms with E-state index in [9.17, 15) is 14.0 Å². The molecule has 0 radical (unpaired) electrons. The van der Waals surface area contributed by atoms with Gasteiger partial charge in [0.25, 0.3) is 11.8 Å². The van der Waals surface area contributed by atoms with Gasteiger partial charge in [-0.25, -0.2) is 9.37 Å². The molecule has 132 valence electrons. The molecule has 5 nitrogen and oxygen atoms in total. The van der Waals surface area contributed by atoms with Gasteiger partial charge < -0.3 is 10.6 Å². The van der Waals surface area contributed by atoms with Gasteiger partial charge in [0.15, 0.2) is 0 Å². The largest absolute Gasteiger partial charge is 0.355 e. The number of rotatable bonds is 4. The average molecular weight is 390 g/mol. The van der Waals surface area contributed by atoms with Crippen LogP contribution in [0.25, 0.3) is 10.6 Å². The van der Waals surface area contributed by atoms with E-state index in [1.165, 1.54) is 30.6 Å². The number of nitrogens with zero attached hydrogens (tertiary/aromatic N) is 1. The van der Waals surface area contributed by atoms with Crippen LogP contribution in [0.3, 0.4) is 0 Å². The van der Waals surface area contributed by atoms with Crippen LogP contribution in [-0.4, -0.2) is 23.8 Å². The molecule has 0 saturated carbocycles. The van der Waals surface area contributed by atoms with Crippen molar-refractivity contribution in [3.05, 3.63) is 69.9 Å². The van der Waals surface area contributed by atoms with E-state index in [-0.39, 0.29) is 16.6 Å². The van der Waals surface area contributed by atoms with E-state index in [0.717, 1.165) is 11.3 Å². The van der Waals surface area contributed by atoms with Crippen molar-refractivity contribution in [1.29, 1.82) is 0 Å². The van der Waals surface area contributed by atoms with Crippen molar-refractivity contribution in [1.82, 2.24) is 10.3 Å². The molecule has 2 N–H and O–H groups in total. The number of aromatic nitrogens is 1. The fourth-order valence-corrected chi connectivity index (χ4v) is 3.22. The summed E-state index contributed by atoms with van der Waals surface area (Å²) in [5, 5.41) is 7.35. The molecule has 0 aliphatic carbocycles. The van der Waals surface area contributed by atoms with Gasteiger partial charge in [0.05, 0.1) is 10.7 Å². The summed E-state index contributed by atoms with van der Waals surface area (Å²) < 4.78 is 13.8. The quantitative estimate of drug-likeness (QED) is 0.702. The highest BCUT2D eigenvalue weighted by Gasteiger charge is 2.16. The number of halogens is 2. The zero-order valence-corrected chi connectivity index (χ0v) is 15.1. The highest BCUT2D eigenvalue weighted by atomic mass is 35.5. The maximum absolute atomic E-state index is 13.8.